The van der Waals surface area contributed by atoms with E-state index in [0.717, 1.165) is 42.7 Å². The maximum Gasteiger partial charge on any atom is 0.401 e. The van der Waals surface area contributed by atoms with E-state index in [1.807, 2.05) is 19.9 Å². The summed E-state index contributed by atoms with van der Waals surface area (Å²) in [5.74, 6) is 2.04. The monoisotopic (exact) mass is 414 g/mol. The second-order valence-electron chi connectivity index (χ2n) is 7.52. The molecule has 1 aliphatic heterocycles. The number of benzene rings is 1. The summed E-state index contributed by atoms with van der Waals surface area (Å²) in [6.45, 7) is 6.21. The fourth-order valence-electron chi connectivity index (χ4n) is 3.58. The quantitative estimate of drug-likeness (QED) is 0.503. The van der Waals surface area contributed by atoms with Gasteiger partial charge in [-0.15, -0.1) is 0 Å². The third-order valence-electron chi connectivity index (χ3n) is 5.15. The Morgan fingerprint density at radius 3 is 2.59 bits per heavy atom. The Morgan fingerprint density at radius 2 is 1.97 bits per heavy atom. The van der Waals surface area contributed by atoms with Crippen LogP contribution in [0.4, 0.5) is 13.2 Å². The summed E-state index contributed by atoms with van der Waals surface area (Å²) in [6.07, 6.45) is -1.56. The van der Waals surface area contributed by atoms with E-state index in [4.69, 9.17) is 4.74 Å². The summed E-state index contributed by atoms with van der Waals surface area (Å²) in [5.41, 5.74) is 2.22. The summed E-state index contributed by atoms with van der Waals surface area (Å²) in [4.78, 5) is 5.75. The predicted octanol–water partition coefficient (Wildman–Crippen LogP) is 3.72. The van der Waals surface area contributed by atoms with Crippen molar-refractivity contribution in [3.05, 3.63) is 29.3 Å². The van der Waals surface area contributed by atoms with Gasteiger partial charge < -0.3 is 15.4 Å². The van der Waals surface area contributed by atoms with Gasteiger partial charge in [0.25, 0.3) is 0 Å². The van der Waals surface area contributed by atoms with Crippen LogP contribution >= 0.6 is 0 Å². The van der Waals surface area contributed by atoms with E-state index >= 15 is 0 Å². The van der Waals surface area contributed by atoms with Crippen molar-refractivity contribution in [2.75, 3.05) is 39.8 Å². The lowest BCUT2D eigenvalue weighted by Crippen LogP contribution is -2.41. The van der Waals surface area contributed by atoms with E-state index in [1.165, 1.54) is 4.90 Å². The molecule has 8 heteroatoms. The highest BCUT2D eigenvalue weighted by Crippen LogP contribution is 2.24. The lowest BCUT2D eigenvalue weighted by molar-refractivity contribution is -0.148. The summed E-state index contributed by atoms with van der Waals surface area (Å²) in [5, 5.41) is 6.60. The molecule has 1 fully saturated rings. The third kappa shape index (κ3) is 8.51. The molecule has 1 aromatic carbocycles. The first-order chi connectivity index (χ1) is 13.8. The topological polar surface area (TPSA) is 48.9 Å². The van der Waals surface area contributed by atoms with Crippen LogP contribution in [0.3, 0.4) is 0 Å². The first-order valence-electron chi connectivity index (χ1n) is 10.3. The first kappa shape index (κ1) is 23.3. The Labute approximate surface area is 171 Å². The highest BCUT2D eigenvalue weighted by Gasteiger charge is 2.32. The smallest absolute Gasteiger partial charge is 0.401 e. The van der Waals surface area contributed by atoms with Crippen molar-refractivity contribution in [2.24, 2.45) is 10.9 Å². The maximum atomic E-state index is 12.5. The van der Waals surface area contributed by atoms with Crippen LogP contribution in [0, 0.1) is 12.8 Å². The van der Waals surface area contributed by atoms with Crippen LogP contribution in [0.2, 0.25) is 0 Å². The lowest BCUT2D eigenvalue weighted by Gasteiger charge is -2.32. The van der Waals surface area contributed by atoms with Gasteiger partial charge in [0, 0.05) is 25.7 Å². The molecule has 0 unspecified atom stereocenters. The fraction of sp³-hybridized carbons (Fsp3) is 0.667. The Kier molecular flexibility index (Phi) is 9.07. The summed E-state index contributed by atoms with van der Waals surface area (Å²) in [7, 11) is 1.73. The van der Waals surface area contributed by atoms with Gasteiger partial charge in [-0.3, -0.25) is 9.89 Å². The minimum absolute atomic E-state index is 0.451. The van der Waals surface area contributed by atoms with Gasteiger partial charge in [-0.1, -0.05) is 12.1 Å². The molecule has 1 aromatic rings. The third-order valence-corrected chi connectivity index (χ3v) is 5.15. The van der Waals surface area contributed by atoms with Gasteiger partial charge >= 0.3 is 6.18 Å². The minimum atomic E-state index is -4.11. The van der Waals surface area contributed by atoms with Crippen molar-refractivity contribution in [1.29, 1.82) is 0 Å². The van der Waals surface area contributed by atoms with Gasteiger partial charge in [0.2, 0.25) is 0 Å². The number of aliphatic imine (C=N–C) groups is 1. The molecule has 0 saturated carbocycles. The number of hydrogen-bond donors (Lipinski definition) is 2. The van der Waals surface area contributed by atoms with Crippen LogP contribution in [0.5, 0.6) is 5.75 Å². The number of alkyl halides is 3. The van der Waals surface area contributed by atoms with E-state index < -0.39 is 12.7 Å². The predicted molar refractivity (Wildman–Crippen MR) is 110 cm³/mol. The number of nitrogens with one attached hydrogen (secondary N) is 2. The Hall–Kier alpha value is -1.96. The standard InChI is InChI=1S/C21H33F3N4O/c1-4-29-19-13-16(2)5-6-18(19)14-27-20(25-3)26-10-7-17-8-11-28(12-9-17)15-21(22,23)24/h5-6,13,17H,4,7-12,14-15H2,1-3H3,(H2,25,26,27). The molecule has 5 nitrogen and oxygen atoms in total. The van der Waals surface area contributed by atoms with Crippen LogP contribution in [-0.2, 0) is 6.54 Å². The summed E-state index contributed by atoms with van der Waals surface area (Å²) < 4.78 is 43.1. The molecule has 29 heavy (non-hydrogen) atoms. The Balaban J connectivity index is 1.71. The largest absolute Gasteiger partial charge is 0.494 e. The van der Waals surface area contributed by atoms with E-state index in [1.54, 1.807) is 7.05 Å². The molecule has 2 N–H and O–H groups in total. The molecule has 2 rings (SSSR count). The van der Waals surface area contributed by atoms with Gasteiger partial charge in [0.05, 0.1) is 13.2 Å². The molecular weight excluding hydrogens is 381 g/mol. The number of guanidine groups is 1. The molecule has 1 saturated heterocycles. The molecule has 0 atom stereocenters. The van der Waals surface area contributed by atoms with Gasteiger partial charge in [-0.05, 0) is 63.7 Å². The second kappa shape index (κ2) is 11.3. The average Bonchev–Trinajstić information content (AvgIpc) is 2.66. The molecule has 1 aliphatic rings. The van der Waals surface area contributed by atoms with Gasteiger partial charge in [0.1, 0.15) is 5.75 Å². The number of ether oxygens (including phenoxy) is 1. The zero-order chi connectivity index (χ0) is 21.3. The van der Waals surface area contributed by atoms with E-state index in [2.05, 4.69) is 27.8 Å². The number of piperidine rings is 1. The Bertz CT molecular complexity index is 656. The SMILES string of the molecule is CCOc1cc(C)ccc1CNC(=NC)NCCC1CCN(CC(F)(F)F)CC1. The molecule has 0 aromatic heterocycles. The van der Waals surface area contributed by atoms with Crippen molar-refractivity contribution in [3.63, 3.8) is 0 Å². The first-order valence-corrected chi connectivity index (χ1v) is 10.3. The normalized spacial score (nSPS) is 16.7. The van der Waals surface area contributed by atoms with Crippen LogP contribution in [0.25, 0.3) is 0 Å². The van der Waals surface area contributed by atoms with E-state index in [9.17, 15) is 13.2 Å². The molecule has 1 heterocycles. The van der Waals surface area contributed by atoms with Crippen molar-refractivity contribution in [1.82, 2.24) is 15.5 Å². The van der Waals surface area contributed by atoms with E-state index in [0.29, 0.717) is 38.1 Å². The molecular formula is C21H33F3N4O. The van der Waals surface area contributed by atoms with E-state index in [-0.39, 0.29) is 0 Å². The highest BCUT2D eigenvalue weighted by molar-refractivity contribution is 5.79. The Morgan fingerprint density at radius 1 is 1.24 bits per heavy atom. The second-order valence-corrected chi connectivity index (χ2v) is 7.52. The molecule has 0 amide bonds. The number of likely N-dealkylation sites (tertiary alicyclic amines) is 1. The zero-order valence-corrected chi connectivity index (χ0v) is 17.6. The number of nitrogens with zero attached hydrogens (tertiary/aromatic N) is 2. The number of hydrogen-bond acceptors (Lipinski definition) is 3. The fourth-order valence-corrected chi connectivity index (χ4v) is 3.58. The molecule has 0 bridgehead atoms. The van der Waals surface area contributed by atoms with Gasteiger partial charge in [-0.2, -0.15) is 13.2 Å². The van der Waals surface area contributed by atoms with Crippen molar-refractivity contribution in [2.45, 2.75) is 45.8 Å². The molecule has 0 spiro atoms. The van der Waals surface area contributed by atoms with Crippen LogP contribution in [-0.4, -0.2) is 56.9 Å². The van der Waals surface area contributed by atoms with Gasteiger partial charge in [0.15, 0.2) is 5.96 Å². The van der Waals surface area contributed by atoms with Crippen LogP contribution in [0.1, 0.15) is 37.3 Å². The number of aryl methyl sites for hydroxylation is 1. The van der Waals surface area contributed by atoms with Crippen molar-refractivity contribution >= 4 is 5.96 Å². The lowest BCUT2D eigenvalue weighted by atomic mass is 9.93. The minimum Gasteiger partial charge on any atom is -0.494 e. The molecule has 0 aliphatic carbocycles. The van der Waals surface area contributed by atoms with Crippen LogP contribution < -0.4 is 15.4 Å². The average molecular weight is 415 g/mol. The van der Waals surface area contributed by atoms with Crippen LogP contribution in [0.15, 0.2) is 23.2 Å². The number of halogens is 3. The molecule has 164 valence electrons. The number of rotatable bonds is 8. The van der Waals surface area contributed by atoms with Crippen molar-refractivity contribution in [3.8, 4) is 5.75 Å². The highest BCUT2D eigenvalue weighted by atomic mass is 19.4. The summed E-state index contributed by atoms with van der Waals surface area (Å²) >= 11 is 0. The molecule has 0 radical (unpaired) electrons. The maximum absolute atomic E-state index is 12.5. The van der Waals surface area contributed by atoms with Crippen molar-refractivity contribution < 1.29 is 17.9 Å². The van der Waals surface area contributed by atoms with Gasteiger partial charge in [-0.25, -0.2) is 0 Å². The summed E-state index contributed by atoms with van der Waals surface area (Å²) in [6, 6.07) is 6.14. The zero-order valence-electron chi connectivity index (χ0n) is 17.6.